The lowest BCUT2D eigenvalue weighted by Gasteiger charge is -2.28. The van der Waals surface area contributed by atoms with Crippen molar-refractivity contribution in [3.8, 4) is 11.1 Å². The van der Waals surface area contributed by atoms with Crippen LogP contribution in [0.2, 0.25) is 0 Å². The van der Waals surface area contributed by atoms with Gasteiger partial charge in [0.1, 0.15) is 5.82 Å². The Balaban J connectivity index is 1.22. The lowest BCUT2D eigenvalue weighted by Crippen LogP contribution is -2.30. The van der Waals surface area contributed by atoms with E-state index in [1.807, 2.05) is 41.2 Å². The van der Waals surface area contributed by atoms with E-state index in [4.69, 9.17) is 9.97 Å². The summed E-state index contributed by atoms with van der Waals surface area (Å²) in [5, 5.41) is 9.41. The van der Waals surface area contributed by atoms with Gasteiger partial charge >= 0.3 is 0 Å². The molecule has 0 spiro atoms. The van der Waals surface area contributed by atoms with Crippen molar-refractivity contribution in [1.29, 1.82) is 0 Å². The van der Waals surface area contributed by atoms with Crippen LogP contribution in [-0.2, 0) is 17.8 Å². The molecule has 0 aliphatic carbocycles. The first-order valence-corrected chi connectivity index (χ1v) is 13.7. The first-order valence-electron chi connectivity index (χ1n) is 12.7. The number of thioether (sulfide) groups is 1. The zero-order valence-corrected chi connectivity index (χ0v) is 21.5. The number of amides is 1. The number of anilines is 1. The van der Waals surface area contributed by atoms with E-state index in [-0.39, 0.29) is 5.91 Å². The topological polar surface area (TPSA) is 75.9 Å². The largest absolute Gasteiger partial charge is 0.356 e. The number of carbonyl (C=O) groups is 1. The molecule has 186 valence electrons. The number of fused-ring (bicyclic) bond motifs is 1. The van der Waals surface area contributed by atoms with Crippen LogP contribution >= 0.6 is 11.8 Å². The highest BCUT2D eigenvalue weighted by atomic mass is 32.2. The Bertz CT molecular complexity index is 1300. The van der Waals surface area contributed by atoms with E-state index >= 15 is 0 Å². The number of nitrogens with zero attached hydrogens (tertiary/aromatic N) is 5. The van der Waals surface area contributed by atoms with Crippen molar-refractivity contribution >= 4 is 34.5 Å². The van der Waals surface area contributed by atoms with E-state index in [1.165, 1.54) is 24.8 Å². The van der Waals surface area contributed by atoms with Crippen LogP contribution in [0.15, 0.2) is 66.0 Å². The Labute approximate surface area is 216 Å². The second kappa shape index (κ2) is 11.6. The first-order chi connectivity index (χ1) is 17.7. The van der Waals surface area contributed by atoms with Gasteiger partial charge in [0.25, 0.3) is 0 Å². The molecule has 2 aromatic carbocycles. The molecule has 0 unspecified atom stereocenters. The first kappa shape index (κ1) is 24.3. The number of nitrogens with one attached hydrogen (secondary N) is 1. The lowest BCUT2D eigenvalue weighted by molar-refractivity contribution is -0.120. The van der Waals surface area contributed by atoms with Crippen LogP contribution < -0.4 is 10.2 Å². The molecule has 7 nitrogen and oxygen atoms in total. The fourth-order valence-electron chi connectivity index (χ4n) is 4.62. The van der Waals surface area contributed by atoms with Crippen molar-refractivity contribution in [3.63, 3.8) is 0 Å². The molecule has 1 aliphatic rings. The van der Waals surface area contributed by atoms with E-state index in [2.05, 4.69) is 46.5 Å². The third-order valence-corrected chi connectivity index (χ3v) is 7.19. The molecule has 1 fully saturated rings. The maximum Gasteiger partial charge on any atom is 0.224 e. The summed E-state index contributed by atoms with van der Waals surface area (Å²) >= 11 is 1.65. The molecule has 8 heteroatoms. The maximum absolute atomic E-state index is 12.6. The van der Waals surface area contributed by atoms with Crippen molar-refractivity contribution in [2.45, 2.75) is 44.3 Å². The van der Waals surface area contributed by atoms with Crippen LogP contribution in [-0.4, -0.2) is 51.0 Å². The summed E-state index contributed by atoms with van der Waals surface area (Å²) in [7, 11) is 0. The van der Waals surface area contributed by atoms with E-state index in [0.29, 0.717) is 19.5 Å². The molecular weight excluding hydrogens is 468 g/mol. The molecule has 36 heavy (non-hydrogen) atoms. The third-order valence-electron chi connectivity index (χ3n) is 6.46. The average molecular weight is 501 g/mol. The lowest BCUT2D eigenvalue weighted by atomic mass is 10.0. The number of piperidine rings is 1. The van der Waals surface area contributed by atoms with Crippen molar-refractivity contribution in [3.05, 3.63) is 66.4 Å². The van der Waals surface area contributed by atoms with Crippen LogP contribution in [0.3, 0.4) is 0 Å². The van der Waals surface area contributed by atoms with Gasteiger partial charge in [-0.1, -0.05) is 73.3 Å². The van der Waals surface area contributed by atoms with Gasteiger partial charge in [0, 0.05) is 19.6 Å². The van der Waals surface area contributed by atoms with Crippen molar-refractivity contribution in [1.82, 2.24) is 25.1 Å². The predicted octanol–water partition coefficient (Wildman–Crippen LogP) is 4.95. The van der Waals surface area contributed by atoms with Crippen LogP contribution in [0.4, 0.5) is 5.82 Å². The normalized spacial score (nSPS) is 13.8. The Morgan fingerprint density at radius 3 is 2.47 bits per heavy atom. The molecule has 0 atom stereocenters. The standard InChI is InChI=1S/C28H32N6OS/c1-2-36-28-31-26(33-16-7-4-8-17-33)24-20-30-34(27(24)32-28)18-15-29-25(35)19-21-11-13-23(14-12-21)22-9-5-3-6-10-22/h3,5-6,9-14,20H,2,4,7-8,15-19H2,1H3,(H,29,35). The van der Waals surface area contributed by atoms with Crippen molar-refractivity contribution < 1.29 is 4.79 Å². The number of hydrogen-bond acceptors (Lipinski definition) is 6. The van der Waals surface area contributed by atoms with Gasteiger partial charge in [0.2, 0.25) is 5.91 Å². The van der Waals surface area contributed by atoms with E-state index < -0.39 is 0 Å². The summed E-state index contributed by atoms with van der Waals surface area (Å²) in [5.74, 6) is 1.91. The molecule has 1 amide bonds. The van der Waals surface area contributed by atoms with E-state index in [0.717, 1.165) is 52.0 Å². The number of rotatable bonds is 9. The summed E-state index contributed by atoms with van der Waals surface area (Å²) in [4.78, 5) is 24.6. The Hall–Kier alpha value is -3.39. The van der Waals surface area contributed by atoms with Crippen molar-refractivity contribution in [2.75, 3.05) is 30.3 Å². The van der Waals surface area contributed by atoms with Gasteiger partial charge < -0.3 is 10.2 Å². The third kappa shape index (κ3) is 5.70. The number of benzene rings is 2. The van der Waals surface area contributed by atoms with Gasteiger partial charge in [-0.25, -0.2) is 14.6 Å². The quantitative estimate of drug-likeness (QED) is 0.259. The Kier molecular flexibility index (Phi) is 7.81. The van der Waals surface area contributed by atoms with Crippen LogP contribution in [0.1, 0.15) is 31.7 Å². The number of aromatic nitrogens is 4. The van der Waals surface area contributed by atoms with Crippen LogP contribution in [0, 0.1) is 0 Å². The van der Waals surface area contributed by atoms with Gasteiger partial charge in [0.15, 0.2) is 10.8 Å². The SMILES string of the molecule is CCSc1nc(N2CCCCC2)c2cnn(CCNC(=O)Cc3ccc(-c4ccccc4)cc3)c2n1. The zero-order valence-electron chi connectivity index (χ0n) is 20.7. The molecule has 0 radical (unpaired) electrons. The predicted molar refractivity (Wildman–Crippen MR) is 146 cm³/mol. The fraction of sp³-hybridized carbons (Fsp3) is 0.357. The number of carbonyl (C=O) groups excluding carboxylic acids is 1. The van der Waals surface area contributed by atoms with E-state index in [9.17, 15) is 4.79 Å². The smallest absolute Gasteiger partial charge is 0.224 e. The van der Waals surface area contributed by atoms with Gasteiger partial charge in [0.05, 0.1) is 24.5 Å². The molecular formula is C28H32N6OS. The maximum atomic E-state index is 12.6. The molecule has 1 saturated heterocycles. The zero-order chi connectivity index (χ0) is 24.7. The highest BCUT2D eigenvalue weighted by Gasteiger charge is 2.20. The number of hydrogen-bond donors (Lipinski definition) is 1. The monoisotopic (exact) mass is 500 g/mol. The molecule has 5 rings (SSSR count). The minimum atomic E-state index is 0.00443. The van der Waals surface area contributed by atoms with Gasteiger partial charge in [-0.3, -0.25) is 4.79 Å². The van der Waals surface area contributed by atoms with Crippen molar-refractivity contribution in [2.24, 2.45) is 0 Å². The van der Waals surface area contributed by atoms with Gasteiger partial charge in [-0.15, -0.1) is 0 Å². The molecule has 4 aromatic rings. The second-order valence-electron chi connectivity index (χ2n) is 9.01. The summed E-state index contributed by atoms with van der Waals surface area (Å²) < 4.78 is 1.89. The summed E-state index contributed by atoms with van der Waals surface area (Å²) in [5.41, 5.74) is 4.16. The van der Waals surface area contributed by atoms with Crippen LogP contribution in [0.25, 0.3) is 22.2 Å². The molecule has 0 saturated carbocycles. The molecule has 1 N–H and O–H groups in total. The summed E-state index contributed by atoms with van der Waals surface area (Å²) in [6.45, 7) is 5.22. The van der Waals surface area contributed by atoms with Crippen LogP contribution in [0.5, 0.6) is 0 Å². The van der Waals surface area contributed by atoms with Gasteiger partial charge in [-0.2, -0.15) is 5.10 Å². The summed E-state index contributed by atoms with van der Waals surface area (Å²) in [6.07, 6.45) is 5.88. The minimum absolute atomic E-state index is 0.00443. The molecule has 3 heterocycles. The van der Waals surface area contributed by atoms with E-state index in [1.54, 1.807) is 11.8 Å². The molecule has 2 aromatic heterocycles. The molecule has 1 aliphatic heterocycles. The highest BCUT2D eigenvalue weighted by Crippen LogP contribution is 2.29. The Morgan fingerprint density at radius 2 is 1.72 bits per heavy atom. The summed E-state index contributed by atoms with van der Waals surface area (Å²) in [6, 6.07) is 18.4. The highest BCUT2D eigenvalue weighted by molar-refractivity contribution is 7.99. The fourth-order valence-corrected chi connectivity index (χ4v) is 5.18. The van der Waals surface area contributed by atoms with Gasteiger partial charge in [-0.05, 0) is 41.7 Å². The Morgan fingerprint density at radius 1 is 0.972 bits per heavy atom. The molecule has 0 bridgehead atoms. The average Bonchev–Trinajstić information content (AvgIpc) is 3.32. The minimum Gasteiger partial charge on any atom is -0.356 e. The second-order valence-corrected chi connectivity index (χ2v) is 10.2.